The van der Waals surface area contributed by atoms with E-state index in [1.54, 1.807) is 0 Å². The molecule has 1 saturated carbocycles. The average molecular weight is 184 g/mol. The molecule has 1 N–H and O–H groups in total. The molecule has 0 radical (unpaired) electrons. The predicted octanol–water partition coefficient (Wildman–Crippen LogP) is 3.07. The molecule has 1 aliphatic carbocycles. The Kier molecular flexibility index (Phi) is 3.34. The van der Waals surface area contributed by atoms with Crippen molar-refractivity contribution in [2.75, 3.05) is 0 Å². The van der Waals surface area contributed by atoms with Crippen LogP contribution in [0.5, 0.6) is 0 Å². The van der Waals surface area contributed by atoms with Crippen LogP contribution in [0.25, 0.3) is 0 Å². The van der Waals surface area contributed by atoms with E-state index in [0.717, 1.165) is 25.7 Å². The maximum atomic E-state index is 11.3. The normalized spacial score (nSPS) is 22.7. The standard InChI is InChI=1S/C11H20O2/c1-9(2)11(10(12)13)7-5-3-4-6-8-11/h9H,3-8H2,1-2H3,(H,12,13). The number of aliphatic carboxylic acids is 1. The molecule has 0 heterocycles. The van der Waals surface area contributed by atoms with Crippen molar-refractivity contribution in [1.82, 2.24) is 0 Å². The van der Waals surface area contributed by atoms with Crippen LogP contribution in [-0.2, 0) is 4.79 Å². The van der Waals surface area contributed by atoms with E-state index in [2.05, 4.69) is 0 Å². The highest BCUT2D eigenvalue weighted by Crippen LogP contribution is 2.41. The average Bonchev–Trinajstić information content (AvgIpc) is 2.28. The molecule has 0 aromatic carbocycles. The lowest BCUT2D eigenvalue weighted by atomic mass is 9.71. The van der Waals surface area contributed by atoms with Crippen molar-refractivity contribution in [3.8, 4) is 0 Å². The van der Waals surface area contributed by atoms with E-state index in [1.807, 2.05) is 13.8 Å². The molecule has 0 aliphatic heterocycles. The van der Waals surface area contributed by atoms with Crippen LogP contribution in [0.2, 0.25) is 0 Å². The van der Waals surface area contributed by atoms with Crippen molar-refractivity contribution in [2.45, 2.75) is 52.4 Å². The molecule has 0 atom stereocenters. The lowest BCUT2D eigenvalue weighted by Crippen LogP contribution is -2.35. The zero-order valence-electron chi connectivity index (χ0n) is 8.68. The van der Waals surface area contributed by atoms with Crippen LogP contribution >= 0.6 is 0 Å². The molecular formula is C11H20O2. The quantitative estimate of drug-likeness (QED) is 0.670. The Hall–Kier alpha value is -0.530. The van der Waals surface area contributed by atoms with E-state index >= 15 is 0 Å². The first-order valence-corrected chi connectivity index (χ1v) is 5.33. The van der Waals surface area contributed by atoms with Gasteiger partial charge in [-0.25, -0.2) is 0 Å². The predicted molar refractivity (Wildman–Crippen MR) is 52.6 cm³/mol. The number of rotatable bonds is 2. The first kappa shape index (κ1) is 10.6. The first-order valence-electron chi connectivity index (χ1n) is 5.33. The minimum Gasteiger partial charge on any atom is -0.481 e. The first-order chi connectivity index (χ1) is 6.09. The minimum absolute atomic E-state index is 0.267. The Morgan fingerprint density at radius 2 is 1.62 bits per heavy atom. The van der Waals surface area contributed by atoms with Crippen LogP contribution in [-0.4, -0.2) is 11.1 Å². The van der Waals surface area contributed by atoms with Crippen LogP contribution in [0.3, 0.4) is 0 Å². The van der Waals surface area contributed by atoms with Crippen LogP contribution in [0.1, 0.15) is 52.4 Å². The van der Waals surface area contributed by atoms with Crippen molar-refractivity contribution in [2.24, 2.45) is 11.3 Å². The lowest BCUT2D eigenvalue weighted by molar-refractivity contribution is -0.153. The Balaban J connectivity index is 2.80. The summed E-state index contributed by atoms with van der Waals surface area (Å²) in [6, 6.07) is 0. The topological polar surface area (TPSA) is 37.3 Å². The number of hydrogen-bond donors (Lipinski definition) is 1. The SMILES string of the molecule is CC(C)C1(C(=O)O)CCCCCC1. The molecule has 1 aliphatic rings. The molecule has 1 fully saturated rings. The van der Waals surface area contributed by atoms with Gasteiger partial charge in [-0.1, -0.05) is 39.5 Å². The molecule has 0 spiro atoms. The molecule has 0 aromatic rings. The molecule has 2 nitrogen and oxygen atoms in total. The van der Waals surface area contributed by atoms with Gasteiger partial charge in [-0.05, 0) is 18.8 Å². The fraction of sp³-hybridized carbons (Fsp3) is 0.909. The number of carboxylic acids is 1. The fourth-order valence-corrected chi connectivity index (χ4v) is 2.40. The van der Waals surface area contributed by atoms with Crippen molar-refractivity contribution < 1.29 is 9.90 Å². The van der Waals surface area contributed by atoms with Gasteiger partial charge in [0.25, 0.3) is 0 Å². The molecular weight excluding hydrogens is 164 g/mol. The molecule has 76 valence electrons. The molecule has 13 heavy (non-hydrogen) atoms. The molecule has 0 unspecified atom stereocenters. The summed E-state index contributed by atoms with van der Waals surface area (Å²) in [6.07, 6.45) is 6.35. The monoisotopic (exact) mass is 184 g/mol. The summed E-state index contributed by atoms with van der Waals surface area (Å²) in [5, 5.41) is 9.28. The Morgan fingerprint density at radius 1 is 1.15 bits per heavy atom. The molecule has 0 amide bonds. The summed E-state index contributed by atoms with van der Waals surface area (Å²) in [5.74, 6) is -0.313. The van der Waals surface area contributed by atoms with Crippen molar-refractivity contribution in [3.63, 3.8) is 0 Å². The molecule has 0 aromatic heterocycles. The second-order valence-corrected chi connectivity index (χ2v) is 4.53. The van der Waals surface area contributed by atoms with E-state index in [0.29, 0.717) is 0 Å². The third-order valence-electron chi connectivity index (χ3n) is 3.53. The van der Waals surface area contributed by atoms with E-state index in [4.69, 9.17) is 0 Å². The van der Waals surface area contributed by atoms with Gasteiger partial charge in [-0.15, -0.1) is 0 Å². The van der Waals surface area contributed by atoms with Gasteiger partial charge < -0.3 is 5.11 Å². The number of carboxylic acid groups (broad SMARTS) is 1. The van der Waals surface area contributed by atoms with Gasteiger partial charge in [0, 0.05) is 0 Å². The van der Waals surface area contributed by atoms with Crippen LogP contribution in [0.4, 0.5) is 0 Å². The van der Waals surface area contributed by atoms with Gasteiger partial charge in [-0.3, -0.25) is 4.79 Å². The van der Waals surface area contributed by atoms with Gasteiger partial charge in [0.05, 0.1) is 5.41 Å². The van der Waals surface area contributed by atoms with Crippen LogP contribution in [0.15, 0.2) is 0 Å². The smallest absolute Gasteiger partial charge is 0.309 e. The number of carbonyl (C=O) groups is 1. The van der Waals surface area contributed by atoms with E-state index in [1.165, 1.54) is 12.8 Å². The van der Waals surface area contributed by atoms with Crippen molar-refractivity contribution >= 4 is 5.97 Å². The second kappa shape index (κ2) is 4.12. The van der Waals surface area contributed by atoms with Gasteiger partial charge >= 0.3 is 5.97 Å². The molecule has 1 rings (SSSR count). The summed E-state index contributed by atoms with van der Waals surface area (Å²) in [5.41, 5.74) is -0.420. The van der Waals surface area contributed by atoms with E-state index in [9.17, 15) is 9.90 Å². The lowest BCUT2D eigenvalue weighted by Gasteiger charge is -2.32. The minimum atomic E-state index is -0.579. The third kappa shape index (κ3) is 2.04. The fourth-order valence-electron chi connectivity index (χ4n) is 2.40. The van der Waals surface area contributed by atoms with Crippen molar-refractivity contribution in [3.05, 3.63) is 0 Å². The number of hydrogen-bond acceptors (Lipinski definition) is 1. The Bertz CT molecular complexity index is 177. The Labute approximate surface area is 80.3 Å². The third-order valence-corrected chi connectivity index (χ3v) is 3.53. The summed E-state index contributed by atoms with van der Waals surface area (Å²) in [7, 11) is 0. The highest BCUT2D eigenvalue weighted by Gasteiger charge is 2.41. The van der Waals surface area contributed by atoms with Gasteiger partial charge in [-0.2, -0.15) is 0 Å². The largest absolute Gasteiger partial charge is 0.481 e. The summed E-state index contributed by atoms with van der Waals surface area (Å²) in [4.78, 5) is 11.3. The summed E-state index contributed by atoms with van der Waals surface area (Å²) in [6.45, 7) is 4.08. The van der Waals surface area contributed by atoms with Gasteiger partial charge in [0.15, 0.2) is 0 Å². The zero-order valence-corrected chi connectivity index (χ0v) is 8.68. The van der Waals surface area contributed by atoms with E-state index in [-0.39, 0.29) is 5.92 Å². The molecule has 0 saturated heterocycles. The summed E-state index contributed by atoms with van der Waals surface area (Å²) >= 11 is 0. The van der Waals surface area contributed by atoms with Gasteiger partial charge in [0.2, 0.25) is 0 Å². The molecule has 0 bridgehead atoms. The second-order valence-electron chi connectivity index (χ2n) is 4.53. The summed E-state index contributed by atoms with van der Waals surface area (Å²) < 4.78 is 0. The van der Waals surface area contributed by atoms with Gasteiger partial charge in [0.1, 0.15) is 0 Å². The maximum Gasteiger partial charge on any atom is 0.309 e. The van der Waals surface area contributed by atoms with E-state index < -0.39 is 11.4 Å². The van der Waals surface area contributed by atoms with Crippen LogP contribution in [0, 0.1) is 11.3 Å². The highest BCUT2D eigenvalue weighted by atomic mass is 16.4. The molecule has 2 heteroatoms. The Morgan fingerprint density at radius 3 is 1.92 bits per heavy atom. The van der Waals surface area contributed by atoms with Crippen molar-refractivity contribution in [1.29, 1.82) is 0 Å². The maximum absolute atomic E-state index is 11.3. The highest BCUT2D eigenvalue weighted by molar-refractivity contribution is 5.75. The van der Waals surface area contributed by atoms with Crippen LogP contribution < -0.4 is 0 Å². The zero-order chi connectivity index (χ0) is 9.90.